The van der Waals surface area contributed by atoms with E-state index >= 15 is 0 Å². The third-order valence-electron chi connectivity index (χ3n) is 2.71. The first-order valence-electron chi connectivity index (χ1n) is 7.28. The fourth-order valence-electron chi connectivity index (χ4n) is 1.82. The van der Waals surface area contributed by atoms with E-state index in [-0.39, 0.29) is 18.5 Å². The zero-order chi connectivity index (χ0) is 15.2. The maximum Gasteiger partial charge on any atom is 0.320 e. The summed E-state index contributed by atoms with van der Waals surface area (Å²) in [5.74, 6) is -0.345. The minimum Gasteiger partial charge on any atom is -0.466 e. The predicted octanol–water partition coefficient (Wildman–Crippen LogP) is 2.16. The van der Waals surface area contributed by atoms with Crippen LogP contribution < -0.4 is 0 Å². The van der Waals surface area contributed by atoms with Crippen molar-refractivity contribution >= 4 is 11.9 Å². The van der Waals surface area contributed by atoms with Gasteiger partial charge >= 0.3 is 11.9 Å². The number of carbonyl (C=O) groups is 2. The van der Waals surface area contributed by atoms with Crippen molar-refractivity contribution in [2.24, 2.45) is 0 Å². The van der Waals surface area contributed by atoms with Crippen LogP contribution in [0.4, 0.5) is 0 Å². The summed E-state index contributed by atoms with van der Waals surface area (Å²) in [4.78, 5) is 24.6. The van der Waals surface area contributed by atoms with Crippen molar-refractivity contribution in [1.29, 1.82) is 0 Å². The summed E-state index contributed by atoms with van der Waals surface area (Å²) >= 11 is 0. The highest BCUT2D eigenvalue weighted by molar-refractivity contribution is 5.71. The van der Waals surface area contributed by atoms with Gasteiger partial charge in [-0.15, -0.1) is 6.58 Å². The monoisotopic (exact) mass is 285 g/mol. The van der Waals surface area contributed by atoms with Gasteiger partial charge in [0.2, 0.25) is 0 Å². The van der Waals surface area contributed by atoms with Gasteiger partial charge in [0.25, 0.3) is 0 Å². The third-order valence-corrected chi connectivity index (χ3v) is 2.71. The number of rotatable bonds is 12. The highest BCUT2D eigenvalue weighted by Crippen LogP contribution is 2.04. The van der Waals surface area contributed by atoms with Gasteiger partial charge in [-0.2, -0.15) is 0 Å². The standard InChI is InChI=1S/C15H27NO4/c1-4-11-16(13-15(18)20-6-3)12-9-7-8-10-14(17)19-5-2/h4H,1,5-13H2,2-3H3. The lowest BCUT2D eigenvalue weighted by molar-refractivity contribution is -0.144. The van der Waals surface area contributed by atoms with Crippen LogP contribution in [0, 0.1) is 0 Å². The van der Waals surface area contributed by atoms with Crippen LogP contribution in [0.1, 0.15) is 39.5 Å². The van der Waals surface area contributed by atoms with E-state index in [0.29, 0.717) is 26.2 Å². The van der Waals surface area contributed by atoms with Crippen molar-refractivity contribution in [2.45, 2.75) is 39.5 Å². The molecule has 0 saturated carbocycles. The molecule has 0 bridgehead atoms. The molecule has 0 aromatic carbocycles. The first-order valence-corrected chi connectivity index (χ1v) is 7.28. The van der Waals surface area contributed by atoms with Gasteiger partial charge in [-0.1, -0.05) is 12.5 Å². The third kappa shape index (κ3) is 10.6. The SMILES string of the molecule is C=CCN(CCCCCC(=O)OCC)CC(=O)OCC. The van der Waals surface area contributed by atoms with E-state index in [1.807, 2.05) is 4.90 Å². The molecule has 0 atom stereocenters. The summed E-state index contributed by atoms with van der Waals surface area (Å²) in [5.41, 5.74) is 0. The van der Waals surface area contributed by atoms with E-state index in [1.165, 1.54) is 0 Å². The van der Waals surface area contributed by atoms with E-state index in [1.54, 1.807) is 19.9 Å². The lowest BCUT2D eigenvalue weighted by Gasteiger charge is -2.19. The number of unbranched alkanes of at least 4 members (excludes halogenated alkanes) is 2. The number of ether oxygens (including phenoxy) is 2. The van der Waals surface area contributed by atoms with Crippen molar-refractivity contribution < 1.29 is 19.1 Å². The Labute approximate surface area is 121 Å². The quantitative estimate of drug-likeness (QED) is 0.312. The maximum absolute atomic E-state index is 11.4. The average molecular weight is 285 g/mol. The van der Waals surface area contributed by atoms with Crippen molar-refractivity contribution in [1.82, 2.24) is 4.90 Å². The molecule has 0 saturated heterocycles. The van der Waals surface area contributed by atoms with E-state index in [9.17, 15) is 9.59 Å². The lowest BCUT2D eigenvalue weighted by Crippen LogP contribution is -2.32. The van der Waals surface area contributed by atoms with Gasteiger partial charge in [0.15, 0.2) is 0 Å². The summed E-state index contributed by atoms with van der Waals surface area (Å²) < 4.78 is 9.79. The number of nitrogens with zero attached hydrogens (tertiary/aromatic N) is 1. The molecule has 5 heteroatoms. The summed E-state index contributed by atoms with van der Waals surface area (Å²) in [7, 11) is 0. The maximum atomic E-state index is 11.4. The Morgan fingerprint density at radius 1 is 1.05 bits per heavy atom. The van der Waals surface area contributed by atoms with Gasteiger partial charge in [-0.25, -0.2) is 0 Å². The highest BCUT2D eigenvalue weighted by Gasteiger charge is 2.10. The Balaban J connectivity index is 3.77. The van der Waals surface area contributed by atoms with Crippen LogP contribution in [0.15, 0.2) is 12.7 Å². The van der Waals surface area contributed by atoms with Crippen molar-refractivity contribution in [3.63, 3.8) is 0 Å². The molecule has 0 spiro atoms. The van der Waals surface area contributed by atoms with Crippen molar-refractivity contribution in [2.75, 3.05) is 32.8 Å². The summed E-state index contributed by atoms with van der Waals surface area (Å²) in [6, 6.07) is 0. The molecule has 0 fully saturated rings. The van der Waals surface area contributed by atoms with Crippen molar-refractivity contribution in [3.05, 3.63) is 12.7 Å². The van der Waals surface area contributed by atoms with Crippen LogP contribution in [-0.4, -0.2) is 49.7 Å². The Hall–Kier alpha value is -1.36. The van der Waals surface area contributed by atoms with Gasteiger partial charge in [0.05, 0.1) is 19.8 Å². The molecule has 0 heterocycles. The zero-order valence-corrected chi connectivity index (χ0v) is 12.7. The molecule has 0 radical (unpaired) electrons. The largest absolute Gasteiger partial charge is 0.466 e. The summed E-state index contributed by atoms with van der Waals surface area (Å²) in [6.45, 7) is 9.88. The Morgan fingerprint density at radius 2 is 1.70 bits per heavy atom. The van der Waals surface area contributed by atoms with Crippen LogP contribution >= 0.6 is 0 Å². The first kappa shape index (κ1) is 18.6. The molecule has 116 valence electrons. The highest BCUT2D eigenvalue weighted by atomic mass is 16.5. The Bertz CT molecular complexity index is 292. The number of esters is 2. The molecular formula is C15H27NO4. The molecule has 0 rings (SSSR count). The van der Waals surface area contributed by atoms with Crippen LogP contribution in [0.5, 0.6) is 0 Å². The number of carbonyl (C=O) groups excluding carboxylic acids is 2. The first-order chi connectivity index (χ1) is 9.63. The topological polar surface area (TPSA) is 55.8 Å². The van der Waals surface area contributed by atoms with E-state index in [2.05, 4.69) is 6.58 Å². The fourth-order valence-corrected chi connectivity index (χ4v) is 1.82. The van der Waals surface area contributed by atoms with Crippen LogP contribution in [-0.2, 0) is 19.1 Å². The summed E-state index contributed by atoms with van der Waals surface area (Å²) in [5, 5.41) is 0. The molecular weight excluding hydrogens is 258 g/mol. The molecule has 5 nitrogen and oxygen atoms in total. The normalized spacial score (nSPS) is 10.3. The lowest BCUT2D eigenvalue weighted by atomic mass is 10.2. The molecule has 0 N–H and O–H groups in total. The van der Waals surface area contributed by atoms with E-state index in [4.69, 9.17) is 9.47 Å². The van der Waals surface area contributed by atoms with Crippen LogP contribution in [0.3, 0.4) is 0 Å². The van der Waals surface area contributed by atoms with Gasteiger partial charge < -0.3 is 9.47 Å². The predicted molar refractivity (Wildman–Crippen MR) is 78.4 cm³/mol. The average Bonchev–Trinajstić information content (AvgIpc) is 2.39. The van der Waals surface area contributed by atoms with Crippen LogP contribution in [0.25, 0.3) is 0 Å². The van der Waals surface area contributed by atoms with Gasteiger partial charge in [0.1, 0.15) is 0 Å². The zero-order valence-electron chi connectivity index (χ0n) is 12.7. The second-order valence-electron chi connectivity index (χ2n) is 4.44. The molecule has 0 aliphatic rings. The van der Waals surface area contributed by atoms with Gasteiger partial charge in [-0.3, -0.25) is 14.5 Å². The minimum absolute atomic E-state index is 0.137. The molecule has 0 aliphatic heterocycles. The molecule has 0 aromatic heterocycles. The number of hydrogen-bond donors (Lipinski definition) is 0. The van der Waals surface area contributed by atoms with Gasteiger partial charge in [-0.05, 0) is 33.2 Å². The Kier molecular flexibility index (Phi) is 11.8. The van der Waals surface area contributed by atoms with Crippen LogP contribution in [0.2, 0.25) is 0 Å². The molecule has 0 aliphatic carbocycles. The van der Waals surface area contributed by atoms with E-state index < -0.39 is 0 Å². The molecule has 0 unspecified atom stereocenters. The fraction of sp³-hybridized carbons (Fsp3) is 0.733. The Morgan fingerprint density at radius 3 is 2.30 bits per heavy atom. The smallest absolute Gasteiger partial charge is 0.320 e. The van der Waals surface area contributed by atoms with Gasteiger partial charge in [0, 0.05) is 13.0 Å². The van der Waals surface area contributed by atoms with Crippen molar-refractivity contribution in [3.8, 4) is 0 Å². The summed E-state index contributed by atoms with van der Waals surface area (Å²) in [6.07, 6.45) is 4.94. The second-order valence-corrected chi connectivity index (χ2v) is 4.44. The molecule has 0 amide bonds. The molecule has 0 aromatic rings. The second kappa shape index (κ2) is 12.7. The number of hydrogen-bond acceptors (Lipinski definition) is 5. The van der Waals surface area contributed by atoms with E-state index in [0.717, 1.165) is 25.8 Å². The minimum atomic E-state index is -0.208. The molecule has 20 heavy (non-hydrogen) atoms.